The Kier molecular flexibility index (Phi) is 3.21. The minimum Gasteiger partial charge on any atom is -0.376 e. The second kappa shape index (κ2) is 5.03. The maximum atomic E-state index is 12.3. The minimum absolute atomic E-state index is 0.0180. The van der Waals surface area contributed by atoms with E-state index in [-0.39, 0.29) is 18.1 Å². The van der Waals surface area contributed by atoms with Crippen LogP contribution >= 0.6 is 0 Å². The van der Waals surface area contributed by atoms with Crippen LogP contribution in [0.3, 0.4) is 0 Å². The molecule has 7 heteroatoms. The molecule has 1 aliphatic heterocycles. The molecule has 0 amide bonds. The van der Waals surface area contributed by atoms with Gasteiger partial charge in [-0.25, -0.2) is 0 Å². The lowest BCUT2D eigenvalue weighted by molar-refractivity contribution is -0.384. The number of nitro groups is 1. The third kappa shape index (κ3) is 2.17. The van der Waals surface area contributed by atoms with Crippen molar-refractivity contribution >= 4 is 22.4 Å². The van der Waals surface area contributed by atoms with Gasteiger partial charge in [0, 0.05) is 29.3 Å². The Morgan fingerprint density at radius 3 is 2.95 bits per heavy atom. The number of rotatable bonds is 3. The zero-order valence-corrected chi connectivity index (χ0v) is 10.5. The molecular weight excluding hydrogens is 264 g/mol. The summed E-state index contributed by atoms with van der Waals surface area (Å²) in [5, 5.41) is 11.4. The summed E-state index contributed by atoms with van der Waals surface area (Å²) in [5.74, 6) is -0.176. The molecule has 1 aliphatic rings. The number of nitrogens with zero attached hydrogens (tertiary/aromatic N) is 1. The van der Waals surface area contributed by atoms with Crippen LogP contribution in [-0.4, -0.2) is 41.6 Å². The summed E-state index contributed by atoms with van der Waals surface area (Å²) in [6, 6.07) is 4.36. The molecule has 3 rings (SSSR count). The molecule has 1 N–H and O–H groups in total. The highest BCUT2D eigenvalue weighted by Crippen LogP contribution is 2.25. The number of nitrogens with one attached hydrogen (secondary N) is 1. The number of H-pyrrole nitrogens is 1. The number of nitro benzene ring substituents is 1. The van der Waals surface area contributed by atoms with Crippen LogP contribution in [0.1, 0.15) is 10.4 Å². The summed E-state index contributed by atoms with van der Waals surface area (Å²) in [6.07, 6.45) is 0.937. The normalized spacial score (nSPS) is 19.1. The summed E-state index contributed by atoms with van der Waals surface area (Å²) < 4.78 is 10.6. The lowest BCUT2D eigenvalue weighted by Crippen LogP contribution is -2.35. The number of Topliss-reactive ketones (excluding diaryl/α,β-unsaturated/α-hetero) is 1. The van der Waals surface area contributed by atoms with Crippen molar-refractivity contribution in [2.45, 2.75) is 6.10 Å². The Morgan fingerprint density at radius 2 is 2.25 bits per heavy atom. The van der Waals surface area contributed by atoms with E-state index in [2.05, 4.69) is 4.98 Å². The van der Waals surface area contributed by atoms with E-state index in [1.54, 1.807) is 12.3 Å². The predicted molar refractivity (Wildman–Crippen MR) is 69.8 cm³/mol. The smallest absolute Gasteiger partial charge is 0.271 e. The highest BCUT2D eigenvalue weighted by atomic mass is 16.6. The quantitative estimate of drug-likeness (QED) is 0.522. The Labute approximate surface area is 113 Å². The second-order valence-electron chi connectivity index (χ2n) is 4.49. The van der Waals surface area contributed by atoms with Crippen LogP contribution in [0.5, 0.6) is 0 Å². The van der Waals surface area contributed by atoms with Crippen molar-refractivity contribution in [3.05, 3.63) is 40.1 Å². The summed E-state index contributed by atoms with van der Waals surface area (Å²) in [6.45, 7) is 1.12. The first kappa shape index (κ1) is 12.8. The fraction of sp³-hybridized carbons (Fsp3) is 0.308. The van der Waals surface area contributed by atoms with Gasteiger partial charge >= 0.3 is 0 Å². The number of hydrogen-bond donors (Lipinski definition) is 1. The van der Waals surface area contributed by atoms with Crippen LogP contribution in [0.15, 0.2) is 24.4 Å². The second-order valence-corrected chi connectivity index (χ2v) is 4.49. The van der Waals surface area contributed by atoms with Gasteiger partial charge in [0.2, 0.25) is 0 Å². The topological polar surface area (TPSA) is 94.5 Å². The van der Waals surface area contributed by atoms with Gasteiger partial charge in [-0.2, -0.15) is 0 Å². The predicted octanol–water partition coefficient (Wildman–Crippen LogP) is 1.67. The van der Waals surface area contributed by atoms with Gasteiger partial charge in [0.1, 0.15) is 6.10 Å². The van der Waals surface area contributed by atoms with Crippen LogP contribution in [0.4, 0.5) is 5.69 Å². The van der Waals surface area contributed by atoms with Gasteiger partial charge in [-0.15, -0.1) is 0 Å². The van der Waals surface area contributed by atoms with E-state index in [0.717, 1.165) is 0 Å². The molecule has 0 saturated carbocycles. The average Bonchev–Trinajstić information content (AvgIpc) is 2.90. The number of aromatic amines is 1. The van der Waals surface area contributed by atoms with E-state index in [0.29, 0.717) is 29.7 Å². The van der Waals surface area contributed by atoms with Gasteiger partial charge in [0.25, 0.3) is 5.69 Å². The van der Waals surface area contributed by atoms with Crippen molar-refractivity contribution in [3.8, 4) is 0 Å². The van der Waals surface area contributed by atoms with Crippen molar-refractivity contribution in [1.29, 1.82) is 0 Å². The van der Waals surface area contributed by atoms with Gasteiger partial charge < -0.3 is 14.5 Å². The van der Waals surface area contributed by atoms with E-state index in [1.165, 1.54) is 12.1 Å². The van der Waals surface area contributed by atoms with Crippen molar-refractivity contribution in [2.24, 2.45) is 0 Å². The molecular formula is C13H12N2O5. The standard InChI is InChI=1S/C13H12N2O5/c16-13(12-7-19-3-4-20-12)10-6-14-11-5-8(15(17)18)1-2-9(10)11/h1-2,5-6,12,14H,3-4,7H2. The van der Waals surface area contributed by atoms with Crippen LogP contribution < -0.4 is 0 Å². The molecule has 0 spiro atoms. The lowest BCUT2D eigenvalue weighted by Gasteiger charge is -2.21. The van der Waals surface area contributed by atoms with E-state index in [1.807, 2.05) is 0 Å². The molecule has 1 aromatic carbocycles. The summed E-state index contributed by atoms with van der Waals surface area (Å²) in [5.41, 5.74) is 1.00. The van der Waals surface area contributed by atoms with Crippen molar-refractivity contribution in [2.75, 3.05) is 19.8 Å². The first-order valence-corrected chi connectivity index (χ1v) is 6.16. The zero-order valence-electron chi connectivity index (χ0n) is 10.5. The summed E-state index contributed by atoms with van der Waals surface area (Å²) in [4.78, 5) is 25.5. The Balaban J connectivity index is 1.95. The van der Waals surface area contributed by atoms with Gasteiger partial charge in [0.15, 0.2) is 5.78 Å². The molecule has 1 aromatic heterocycles. The maximum Gasteiger partial charge on any atom is 0.271 e. The first-order valence-electron chi connectivity index (χ1n) is 6.16. The maximum absolute atomic E-state index is 12.3. The fourth-order valence-electron chi connectivity index (χ4n) is 2.24. The first-order chi connectivity index (χ1) is 9.66. The number of aromatic nitrogens is 1. The highest BCUT2D eigenvalue weighted by molar-refractivity contribution is 6.10. The third-order valence-corrected chi connectivity index (χ3v) is 3.25. The SMILES string of the molecule is O=C(c1c[nH]c2cc([N+](=O)[O-])ccc12)C1COCCO1. The molecule has 2 aromatic rings. The van der Waals surface area contributed by atoms with Crippen molar-refractivity contribution in [3.63, 3.8) is 0 Å². The molecule has 1 fully saturated rings. The number of ether oxygens (including phenoxy) is 2. The van der Waals surface area contributed by atoms with Gasteiger partial charge in [-0.05, 0) is 6.07 Å². The number of ketones is 1. The average molecular weight is 276 g/mol. The fourth-order valence-corrected chi connectivity index (χ4v) is 2.24. The Morgan fingerprint density at radius 1 is 1.40 bits per heavy atom. The van der Waals surface area contributed by atoms with Crippen LogP contribution in [0.25, 0.3) is 10.9 Å². The largest absolute Gasteiger partial charge is 0.376 e. The minimum atomic E-state index is -0.613. The molecule has 104 valence electrons. The zero-order chi connectivity index (χ0) is 14.1. The lowest BCUT2D eigenvalue weighted by atomic mass is 10.0. The molecule has 20 heavy (non-hydrogen) atoms. The molecule has 0 bridgehead atoms. The molecule has 1 atom stereocenters. The number of hydrogen-bond acceptors (Lipinski definition) is 5. The number of carbonyl (C=O) groups is 1. The molecule has 0 radical (unpaired) electrons. The van der Waals surface area contributed by atoms with E-state index in [9.17, 15) is 14.9 Å². The summed E-state index contributed by atoms with van der Waals surface area (Å²) >= 11 is 0. The Bertz CT molecular complexity index is 672. The van der Waals surface area contributed by atoms with Gasteiger partial charge in [-0.1, -0.05) is 0 Å². The van der Waals surface area contributed by atoms with E-state index < -0.39 is 11.0 Å². The van der Waals surface area contributed by atoms with Crippen molar-refractivity contribution in [1.82, 2.24) is 4.98 Å². The number of non-ortho nitro benzene ring substituents is 1. The van der Waals surface area contributed by atoms with E-state index in [4.69, 9.17) is 9.47 Å². The number of benzene rings is 1. The highest BCUT2D eigenvalue weighted by Gasteiger charge is 2.26. The molecule has 2 heterocycles. The van der Waals surface area contributed by atoms with Gasteiger partial charge in [0.05, 0.1) is 30.3 Å². The molecule has 1 unspecified atom stereocenters. The summed E-state index contributed by atoms with van der Waals surface area (Å²) in [7, 11) is 0. The van der Waals surface area contributed by atoms with Crippen LogP contribution in [0.2, 0.25) is 0 Å². The molecule has 7 nitrogen and oxygen atoms in total. The number of fused-ring (bicyclic) bond motifs is 1. The molecule has 1 saturated heterocycles. The third-order valence-electron chi connectivity index (χ3n) is 3.25. The van der Waals surface area contributed by atoms with Crippen molar-refractivity contribution < 1.29 is 19.2 Å². The van der Waals surface area contributed by atoms with E-state index >= 15 is 0 Å². The Hall–Kier alpha value is -2.25. The van der Waals surface area contributed by atoms with Gasteiger partial charge in [-0.3, -0.25) is 14.9 Å². The monoisotopic (exact) mass is 276 g/mol. The molecule has 0 aliphatic carbocycles. The van der Waals surface area contributed by atoms with Crippen LogP contribution in [0, 0.1) is 10.1 Å². The number of carbonyl (C=O) groups excluding carboxylic acids is 1. The van der Waals surface area contributed by atoms with Crippen LogP contribution in [-0.2, 0) is 9.47 Å².